The normalized spacial score (nSPS) is 16.5. The summed E-state index contributed by atoms with van der Waals surface area (Å²) in [5.41, 5.74) is 2.83. The molecular formula is C24H23FN4OS. The quantitative estimate of drug-likeness (QED) is 0.371. The molecule has 0 amide bonds. The van der Waals surface area contributed by atoms with Gasteiger partial charge in [-0.05, 0) is 60.8 Å². The number of aromatic nitrogens is 1. The van der Waals surface area contributed by atoms with Gasteiger partial charge in [0, 0.05) is 11.1 Å². The summed E-state index contributed by atoms with van der Waals surface area (Å²) in [6, 6.07) is 14.1. The summed E-state index contributed by atoms with van der Waals surface area (Å²) in [5.74, 6) is 0.00681. The van der Waals surface area contributed by atoms with Crippen molar-refractivity contribution in [3.63, 3.8) is 0 Å². The van der Waals surface area contributed by atoms with Crippen molar-refractivity contribution in [1.29, 1.82) is 0 Å². The fourth-order valence-corrected chi connectivity index (χ4v) is 3.86. The van der Waals surface area contributed by atoms with Gasteiger partial charge >= 0.3 is 0 Å². The number of rotatable bonds is 4. The van der Waals surface area contributed by atoms with Gasteiger partial charge in [0.2, 0.25) is 11.0 Å². The van der Waals surface area contributed by atoms with Crippen LogP contribution in [0.4, 0.5) is 10.1 Å². The fraction of sp³-hybridized carbons (Fsp3) is 0.208. The Labute approximate surface area is 185 Å². The smallest absolute Gasteiger partial charge is 0.221 e. The van der Waals surface area contributed by atoms with Crippen molar-refractivity contribution in [1.82, 2.24) is 9.88 Å². The predicted octanol–water partition coefficient (Wildman–Crippen LogP) is 6.36. The van der Waals surface area contributed by atoms with E-state index in [1.54, 1.807) is 10.6 Å². The maximum absolute atomic E-state index is 14.0. The van der Waals surface area contributed by atoms with E-state index in [1.807, 2.05) is 42.5 Å². The maximum atomic E-state index is 14.0. The van der Waals surface area contributed by atoms with Gasteiger partial charge in [0.15, 0.2) is 5.69 Å². The van der Waals surface area contributed by atoms with Crippen molar-refractivity contribution in [3.8, 4) is 5.88 Å². The first kappa shape index (κ1) is 20.9. The molecule has 158 valence electrons. The highest BCUT2D eigenvalue weighted by Gasteiger charge is 2.18. The zero-order valence-electron chi connectivity index (χ0n) is 17.1. The molecule has 0 saturated carbocycles. The highest BCUT2D eigenvalue weighted by molar-refractivity contribution is 7.80. The molecule has 4 rings (SSSR count). The average Bonchev–Trinajstić information content (AvgIpc) is 2.87. The molecule has 1 aliphatic carbocycles. The molecule has 0 spiro atoms. The lowest BCUT2D eigenvalue weighted by Gasteiger charge is -2.11. The van der Waals surface area contributed by atoms with Crippen molar-refractivity contribution in [3.05, 3.63) is 83.8 Å². The van der Waals surface area contributed by atoms with Gasteiger partial charge in [-0.15, -0.1) is 10.2 Å². The van der Waals surface area contributed by atoms with Crippen LogP contribution in [0.2, 0.25) is 0 Å². The fourth-order valence-electron chi connectivity index (χ4n) is 3.69. The van der Waals surface area contributed by atoms with Gasteiger partial charge < -0.3 is 15.0 Å². The number of thiocarbonyl (C=S) groups is 1. The van der Waals surface area contributed by atoms with E-state index in [-0.39, 0.29) is 16.7 Å². The van der Waals surface area contributed by atoms with Crippen molar-refractivity contribution in [2.24, 2.45) is 16.1 Å². The van der Waals surface area contributed by atoms with E-state index in [2.05, 4.69) is 28.5 Å². The Morgan fingerprint density at radius 3 is 2.87 bits per heavy atom. The minimum atomic E-state index is -0.411. The van der Waals surface area contributed by atoms with Crippen LogP contribution >= 0.6 is 12.2 Å². The second kappa shape index (κ2) is 9.22. The molecule has 7 heteroatoms. The van der Waals surface area contributed by atoms with Crippen molar-refractivity contribution >= 4 is 33.9 Å². The third-order valence-electron chi connectivity index (χ3n) is 5.20. The van der Waals surface area contributed by atoms with Crippen LogP contribution in [0.1, 0.15) is 25.3 Å². The molecule has 2 N–H and O–H groups in total. The van der Waals surface area contributed by atoms with Crippen LogP contribution < -0.4 is 5.32 Å². The Kier molecular flexibility index (Phi) is 6.23. The van der Waals surface area contributed by atoms with Crippen LogP contribution in [-0.4, -0.2) is 14.8 Å². The largest absolute Gasteiger partial charge is 0.493 e. The van der Waals surface area contributed by atoms with E-state index in [1.165, 1.54) is 12.1 Å². The Hall–Kier alpha value is -3.32. The van der Waals surface area contributed by atoms with E-state index < -0.39 is 5.82 Å². The third kappa shape index (κ3) is 4.88. The van der Waals surface area contributed by atoms with Crippen LogP contribution in [0.3, 0.4) is 0 Å². The van der Waals surface area contributed by atoms with E-state index >= 15 is 0 Å². The second-order valence-electron chi connectivity index (χ2n) is 7.70. The first-order valence-electron chi connectivity index (χ1n) is 10.1. The van der Waals surface area contributed by atoms with Gasteiger partial charge in [-0.2, -0.15) is 0 Å². The first-order chi connectivity index (χ1) is 15.0. The summed E-state index contributed by atoms with van der Waals surface area (Å²) >= 11 is 5.32. The number of azo groups is 1. The van der Waals surface area contributed by atoms with Crippen molar-refractivity contribution < 1.29 is 9.50 Å². The minimum Gasteiger partial charge on any atom is -0.493 e. The first-order valence-corrected chi connectivity index (χ1v) is 10.5. The summed E-state index contributed by atoms with van der Waals surface area (Å²) in [6.45, 7) is 2.59. The van der Waals surface area contributed by atoms with Crippen molar-refractivity contribution in [2.45, 2.75) is 26.3 Å². The van der Waals surface area contributed by atoms with Crippen molar-refractivity contribution in [2.75, 3.05) is 0 Å². The summed E-state index contributed by atoms with van der Waals surface area (Å²) in [4.78, 5) is 0. The molecule has 2 aromatic carbocycles. The molecule has 31 heavy (non-hydrogen) atoms. The lowest BCUT2D eigenvalue weighted by atomic mass is 10.0. The SMILES string of the molecule is CC1CC=CC=C(NC(=S)N=Nc2c(O)n(Cc3ccccc3)c3ccc(F)cc23)C1. The van der Waals surface area contributed by atoms with Crippen LogP contribution in [0.15, 0.2) is 82.7 Å². The number of nitrogens with zero attached hydrogens (tertiary/aromatic N) is 3. The molecule has 3 aromatic rings. The van der Waals surface area contributed by atoms with E-state index in [0.717, 1.165) is 24.1 Å². The number of benzene rings is 2. The predicted molar refractivity (Wildman–Crippen MR) is 125 cm³/mol. The lowest BCUT2D eigenvalue weighted by molar-refractivity contribution is 0.429. The number of aromatic hydroxyl groups is 1. The molecule has 1 aromatic heterocycles. The average molecular weight is 435 g/mol. The van der Waals surface area contributed by atoms with Gasteiger partial charge in [0.1, 0.15) is 5.82 Å². The van der Waals surface area contributed by atoms with Gasteiger partial charge in [-0.3, -0.25) is 0 Å². The Bertz CT molecular complexity index is 1200. The number of fused-ring (bicyclic) bond motifs is 1. The second-order valence-corrected chi connectivity index (χ2v) is 8.09. The monoisotopic (exact) mass is 434 g/mol. The molecule has 0 fully saturated rings. The van der Waals surface area contributed by atoms with Gasteiger partial charge in [0.05, 0.1) is 12.1 Å². The highest BCUT2D eigenvalue weighted by Crippen LogP contribution is 2.39. The van der Waals surface area contributed by atoms with E-state index in [9.17, 15) is 9.50 Å². The summed E-state index contributed by atoms with van der Waals surface area (Å²) in [5, 5.41) is 22.9. The standard InChI is InChI=1S/C24H23FN4OS/c1-16-7-5-6-10-19(13-16)26-24(31)28-27-22-20-14-18(25)11-12-21(20)29(23(22)30)15-17-8-3-2-4-9-17/h2-6,8-12,14,16,30H,7,13,15H2,1H3,(H,26,31). The molecule has 5 nitrogen and oxygen atoms in total. The van der Waals surface area contributed by atoms with Crippen LogP contribution in [0, 0.1) is 11.7 Å². The zero-order chi connectivity index (χ0) is 21.8. The molecule has 0 bridgehead atoms. The molecule has 1 atom stereocenters. The Morgan fingerprint density at radius 2 is 2.06 bits per heavy atom. The van der Waals surface area contributed by atoms with Gasteiger partial charge in [-0.1, -0.05) is 49.4 Å². The van der Waals surface area contributed by atoms with E-state index in [0.29, 0.717) is 23.4 Å². The topological polar surface area (TPSA) is 61.9 Å². The Balaban J connectivity index is 1.63. The molecule has 1 aliphatic rings. The molecule has 1 heterocycles. The van der Waals surface area contributed by atoms with E-state index in [4.69, 9.17) is 12.2 Å². The molecular weight excluding hydrogens is 411 g/mol. The Morgan fingerprint density at radius 1 is 1.26 bits per heavy atom. The number of hydrogen-bond acceptors (Lipinski definition) is 3. The van der Waals surface area contributed by atoms with Gasteiger partial charge in [0.25, 0.3) is 0 Å². The molecule has 0 aliphatic heterocycles. The minimum absolute atomic E-state index is 0.0822. The number of nitrogens with one attached hydrogen (secondary N) is 1. The molecule has 0 saturated heterocycles. The highest BCUT2D eigenvalue weighted by atomic mass is 32.1. The lowest BCUT2D eigenvalue weighted by Crippen LogP contribution is -2.19. The molecule has 1 unspecified atom stereocenters. The zero-order valence-corrected chi connectivity index (χ0v) is 17.9. The number of hydrogen-bond donors (Lipinski definition) is 2. The summed E-state index contributed by atoms with van der Waals surface area (Å²) < 4.78 is 15.6. The third-order valence-corrected chi connectivity index (χ3v) is 5.39. The van der Waals surface area contributed by atoms with Gasteiger partial charge in [-0.25, -0.2) is 4.39 Å². The maximum Gasteiger partial charge on any atom is 0.221 e. The number of allylic oxidation sites excluding steroid dienone is 4. The van der Waals surface area contributed by atoms with Crippen LogP contribution in [0.5, 0.6) is 5.88 Å². The summed E-state index contributed by atoms with van der Waals surface area (Å²) in [6.07, 6.45) is 7.96. The molecule has 0 radical (unpaired) electrons. The number of halogens is 1. The van der Waals surface area contributed by atoms with Crippen LogP contribution in [-0.2, 0) is 6.54 Å². The van der Waals surface area contributed by atoms with Crippen LogP contribution in [0.25, 0.3) is 10.9 Å². The summed E-state index contributed by atoms with van der Waals surface area (Å²) in [7, 11) is 0.